The molecule has 3 aromatic carbocycles. The van der Waals surface area contributed by atoms with Gasteiger partial charge in [0.15, 0.2) is 6.61 Å². The normalized spacial score (nSPS) is 11.6. The number of rotatable bonds is 21. The summed E-state index contributed by atoms with van der Waals surface area (Å²) in [5.74, 6) is -0.931. The highest BCUT2D eigenvalue weighted by Crippen LogP contribution is 2.24. The number of nitrogens with one attached hydrogen (secondary N) is 4. The number of thiophene rings is 1. The third-order valence-corrected chi connectivity index (χ3v) is 11.0. The number of amides is 5. The van der Waals surface area contributed by atoms with Crippen LogP contribution in [0.1, 0.15) is 68.8 Å². The van der Waals surface area contributed by atoms with Crippen LogP contribution in [0.15, 0.2) is 84.0 Å². The number of hydrogen-bond acceptors (Lipinski definition) is 10. The average molecular weight is 851 g/mol. The van der Waals surface area contributed by atoms with Gasteiger partial charge in [0.2, 0.25) is 5.91 Å². The van der Waals surface area contributed by atoms with Gasteiger partial charge in [-0.1, -0.05) is 54.9 Å². The molecule has 4 rings (SSSR count). The van der Waals surface area contributed by atoms with Crippen molar-refractivity contribution in [2.75, 3.05) is 25.4 Å². The summed E-state index contributed by atoms with van der Waals surface area (Å²) in [7, 11) is 0. The number of likely N-dealkylation sites (N-methyl/N-ethyl adjacent to an activating group) is 1. The van der Waals surface area contributed by atoms with Crippen LogP contribution < -0.4 is 26.1 Å². The maximum absolute atomic E-state index is 13.6. The summed E-state index contributed by atoms with van der Waals surface area (Å²) in [4.78, 5) is 64.8. The number of hydrogen-bond donors (Lipinski definition) is 6. The molecule has 14 nitrogen and oxygen atoms in total. The molecule has 0 radical (unpaired) electrons. The first-order valence-corrected chi connectivity index (χ1v) is 20.8. The number of aromatic carboxylic acids is 1. The van der Waals surface area contributed by atoms with Crippen LogP contribution in [-0.4, -0.2) is 82.0 Å². The molecule has 1 atom stereocenters. The fraction of sp³-hybridized carbons (Fsp3) is 0.317. The van der Waals surface area contributed by atoms with Gasteiger partial charge in [0.05, 0.1) is 23.2 Å². The number of carbonyl (C=O) groups is 5. The van der Waals surface area contributed by atoms with Crippen LogP contribution in [0.4, 0.5) is 4.79 Å². The molecule has 6 N–H and O–H groups in total. The van der Waals surface area contributed by atoms with Crippen LogP contribution in [0.2, 0.25) is 5.02 Å². The van der Waals surface area contributed by atoms with Gasteiger partial charge in [-0.25, -0.2) is 15.0 Å². The molecule has 0 spiro atoms. The number of urea groups is 1. The van der Waals surface area contributed by atoms with E-state index in [1.54, 1.807) is 30.3 Å². The minimum Gasteiger partial charge on any atom is -0.507 e. The van der Waals surface area contributed by atoms with Gasteiger partial charge >= 0.3 is 12.0 Å². The van der Waals surface area contributed by atoms with Gasteiger partial charge < -0.3 is 35.8 Å². The van der Waals surface area contributed by atoms with E-state index in [1.807, 2.05) is 50.2 Å². The van der Waals surface area contributed by atoms with Gasteiger partial charge in [0, 0.05) is 48.0 Å². The van der Waals surface area contributed by atoms with Gasteiger partial charge in [0.1, 0.15) is 17.1 Å². The first-order chi connectivity index (χ1) is 27.9. The number of hydrazone groups is 1. The second kappa shape index (κ2) is 23.0. The van der Waals surface area contributed by atoms with E-state index < -0.39 is 18.0 Å². The number of phenols is 1. The summed E-state index contributed by atoms with van der Waals surface area (Å²) < 4.78 is 5.49. The van der Waals surface area contributed by atoms with E-state index in [4.69, 9.17) is 16.3 Å². The fourth-order valence-corrected chi connectivity index (χ4v) is 7.76. The van der Waals surface area contributed by atoms with Crippen molar-refractivity contribution in [3.8, 4) is 11.5 Å². The first-order valence-electron chi connectivity index (χ1n) is 18.5. The largest absolute Gasteiger partial charge is 0.507 e. The summed E-state index contributed by atoms with van der Waals surface area (Å²) in [6, 6.07) is 21.3. The SMILES string of the molecule is CCNC(=O)COc1ccc(CCNC(=O)N/N=C(/CSCc2ccccc2Cl)[C@H](CC)NC(=O)c2ccc(CN(Cc3ccc(O)c(C(=O)O)c3)C(C)=O)s2)cc1. The maximum atomic E-state index is 13.6. The van der Waals surface area contributed by atoms with Gasteiger partial charge in [-0.15, -0.1) is 11.3 Å². The highest BCUT2D eigenvalue weighted by atomic mass is 35.5. The van der Waals surface area contributed by atoms with E-state index in [-0.39, 0.29) is 48.7 Å². The van der Waals surface area contributed by atoms with Crippen molar-refractivity contribution in [1.29, 1.82) is 0 Å². The molecule has 0 aliphatic heterocycles. The molecule has 17 heteroatoms. The summed E-state index contributed by atoms with van der Waals surface area (Å²) >= 11 is 9.14. The summed E-state index contributed by atoms with van der Waals surface area (Å²) in [6.07, 6.45) is 1.02. The van der Waals surface area contributed by atoms with E-state index >= 15 is 0 Å². The van der Waals surface area contributed by atoms with Gasteiger partial charge in [-0.2, -0.15) is 16.9 Å². The van der Waals surface area contributed by atoms with E-state index in [2.05, 4.69) is 26.5 Å². The Labute approximate surface area is 350 Å². The summed E-state index contributed by atoms with van der Waals surface area (Å²) in [5, 5.41) is 32.9. The van der Waals surface area contributed by atoms with Gasteiger partial charge in [0.25, 0.3) is 11.8 Å². The quantitative estimate of drug-likeness (QED) is 0.0417. The lowest BCUT2D eigenvalue weighted by molar-refractivity contribution is -0.130. The van der Waals surface area contributed by atoms with E-state index in [9.17, 15) is 34.2 Å². The molecular weight excluding hydrogens is 804 g/mol. The Morgan fingerprint density at radius 1 is 0.948 bits per heavy atom. The van der Waals surface area contributed by atoms with Crippen LogP contribution >= 0.6 is 34.7 Å². The minimum atomic E-state index is -1.28. The van der Waals surface area contributed by atoms with Crippen molar-refractivity contribution in [3.63, 3.8) is 0 Å². The van der Waals surface area contributed by atoms with E-state index in [0.29, 0.717) is 64.4 Å². The molecule has 0 aliphatic rings. The van der Waals surface area contributed by atoms with Gasteiger partial charge in [-0.3, -0.25) is 14.4 Å². The Kier molecular flexibility index (Phi) is 17.9. The average Bonchev–Trinajstić information content (AvgIpc) is 3.68. The molecule has 58 heavy (non-hydrogen) atoms. The number of ether oxygens (including phenoxy) is 1. The van der Waals surface area contributed by atoms with Crippen molar-refractivity contribution < 1.29 is 38.9 Å². The monoisotopic (exact) mass is 850 g/mol. The highest BCUT2D eigenvalue weighted by molar-refractivity contribution is 7.99. The molecule has 0 fully saturated rings. The number of carbonyl (C=O) groups excluding carboxylic acids is 4. The molecule has 0 saturated heterocycles. The molecule has 0 saturated carbocycles. The van der Waals surface area contributed by atoms with Crippen molar-refractivity contribution in [1.82, 2.24) is 26.3 Å². The van der Waals surface area contributed by atoms with Crippen LogP contribution in [0.3, 0.4) is 0 Å². The van der Waals surface area contributed by atoms with Crippen LogP contribution in [0.5, 0.6) is 11.5 Å². The summed E-state index contributed by atoms with van der Waals surface area (Å²) in [5.41, 5.74) is 5.29. The predicted octanol–water partition coefficient (Wildman–Crippen LogP) is 6.21. The lowest BCUT2D eigenvalue weighted by Crippen LogP contribution is -2.43. The van der Waals surface area contributed by atoms with Crippen LogP contribution in [0, 0.1) is 0 Å². The molecule has 5 amide bonds. The molecule has 308 valence electrons. The van der Waals surface area contributed by atoms with Crippen molar-refractivity contribution >= 4 is 70.1 Å². The molecule has 0 bridgehead atoms. The van der Waals surface area contributed by atoms with Gasteiger partial charge in [-0.05, 0) is 78.9 Å². The maximum Gasteiger partial charge on any atom is 0.339 e. The minimum absolute atomic E-state index is 0.0706. The number of halogens is 1. The number of thioether (sulfide) groups is 1. The van der Waals surface area contributed by atoms with Crippen molar-refractivity contribution in [2.24, 2.45) is 5.10 Å². The molecule has 1 heterocycles. The standard InChI is InChI=1S/C41H47ClN6O8S2/c1-4-34(45-39(52)37-17-15-31(58-37)22-48(26(3)49)21-28-12-16-36(50)32(20-28)40(53)54)35(25-57-24-29-8-6-7-9-33(29)42)46-47-41(55)44-19-18-27-10-13-30(14-11-27)56-23-38(51)43-5-2/h6-17,20,34,50H,4-5,18-19,21-25H2,1-3H3,(H,43,51)(H,45,52)(H,53,54)(H2,44,47,55)/b46-35-/t34-/m0/s1. The van der Waals surface area contributed by atoms with E-state index in [1.165, 1.54) is 47.1 Å². The van der Waals surface area contributed by atoms with Crippen molar-refractivity contribution in [3.05, 3.63) is 116 Å². The number of carboxylic acids is 1. The Hall–Kier alpha value is -5.58. The Morgan fingerprint density at radius 3 is 2.38 bits per heavy atom. The zero-order chi connectivity index (χ0) is 42.0. The molecule has 0 unspecified atom stereocenters. The lowest BCUT2D eigenvalue weighted by Gasteiger charge is -2.21. The number of aromatic hydroxyl groups is 1. The molecule has 0 aliphatic carbocycles. The Balaban J connectivity index is 1.38. The number of benzene rings is 3. The lowest BCUT2D eigenvalue weighted by atomic mass is 10.1. The summed E-state index contributed by atoms with van der Waals surface area (Å²) in [6.45, 7) is 6.20. The Bertz CT molecular complexity index is 2080. The second-order valence-electron chi connectivity index (χ2n) is 12.9. The van der Waals surface area contributed by atoms with Crippen LogP contribution in [0.25, 0.3) is 0 Å². The zero-order valence-electron chi connectivity index (χ0n) is 32.4. The number of carboxylic acid groups (broad SMARTS) is 1. The fourth-order valence-electron chi connectivity index (χ4n) is 5.50. The van der Waals surface area contributed by atoms with E-state index in [0.717, 1.165) is 16.0 Å². The molecule has 1 aromatic heterocycles. The molecular formula is C41H47ClN6O8S2. The first kappa shape index (κ1) is 45.1. The second-order valence-corrected chi connectivity index (χ2v) is 15.5. The third-order valence-electron chi connectivity index (χ3n) is 8.59. The van der Waals surface area contributed by atoms with Crippen molar-refractivity contribution in [2.45, 2.75) is 58.5 Å². The Morgan fingerprint density at radius 2 is 1.69 bits per heavy atom. The topological polar surface area (TPSA) is 199 Å². The third kappa shape index (κ3) is 14.4. The molecule has 4 aromatic rings. The number of nitrogens with zero attached hydrogens (tertiary/aromatic N) is 2. The highest BCUT2D eigenvalue weighted by Gasteiger charge is 2.21. The predicted molar refractivity (Wildman–Crippen MR) is 227 cm³/mol. The zero-order valence-corrected chi connectivity index (χ0v) is 34.8. The van der Waals surface area contributed by atoms with Crippen LogP contribution in [-0.2, 0) is 34.9 Å². The smallest absolute Gasteiger partial charge is 0.339 e.